The van der Waals surface area contributed by atoms with Crippen molar-refractivity contribution in [1.82, 2.24) is 5.32 Å². The molecule has 2 heterocycles. The van der Waals surface area contributed by atoms with Crippen molar-refractivity contribution in [2.45, 2.75) is 32.5 Å². The van der Waals surface area contributed by atoms with E-state index in [1.807, 2.05) is 92.4 Å². The number of para-hydroxylation sites is 1. The van der Waals surface area contributed by atoms with Crippen LogP contribution in [0.15, 0.2) is 66.7 Å². The van der Waals surface area contributed by atoms with Gasteiger partial charge in [0, 0.05) is 16.9 Å². The van der Waals surface area contributed by atoms with Crippen molar-refractivity contribution >= 4 is 34.6 Å². The maximum Gasteiger partial charge on any atom is 0.236 e. The average Bonchev–Trinajstić information content (AvgIpc) is 2.86. The Balaban J connectivity index is 1.61. The lowest BCUT2D eigenvalue weighted by Crippen LogP contribution is -2.72. The van der Waals surface area contributed by atoms with Gasteiger partial charge in [0.15, 0.2) is 22.3 Å². The normalized spacial score (nSPS) is 22.1. The Kier molecular flexibility index (Phi) is 6.22. The summed E-state index contributed by atoms with van der Waals surface area (Å²) in [6.07, 6.45) is 0. The monoisotopic (exact) mass is 503 g/mol. The van der Waals surface area contributed by atoms with Crippen LogP contribution < -0.4 is 29.7 Å². The molecule has 0 aromatic heterocycles. The van der Waals surface area contributed by atoms with Crippen LogP contribution in [0, 0.1) is 12.8 Å². The van der Waals surface area contributed by atoms with E-state index in [2.05, 4.69) is 10.6 Å². The fourth-order valence-corrected chi connectivity index (χ4v) is 5.43. The molecular formula is C28H29N3O4S. The summed E-state index contributed by atoms with van der Waals surface area (Å²) >= 11 is 5.84. The van der Waals surface area contributed by atoms with Crippen LogP contribution in [0.2, 0.25) is 0 Å². The Morgan fingerprint density at radius 3 is 2.53 bits per heavy atom. The number of benzene rings is 3. The van der Waals surface area contributed by atoms with Crippen molar-refractivity contribution in [1.29, 1.82) is 0 Å². The van der Waals surface area contributed by atoms with Crippen LogP contribution in [0.1, 0.15) is 31.0 Å². The van der Waals surface area contributed by atoms with Gasteiger partial charge in [0.05, 0.1) is 19.8 Å². The Bertz CT molecular complexity index is 1300. The van der Waals surface area contributed by atoms with Crippen LogP contribution in [0.25, 0.3) is 0 Å². The molecule has 3 atom stereocenters. The van der Waals surface area contributed by atoms with E-state index >= 15 is 0 Å². The number of aryl methyl sites for hydroxylation is 1. The molecule has 2 bridgehead atoms. The van der Waals surface area contributed by atoms with Crippen molar-refractivity contribution in [2.75, 3.05) is 23.9 Å². The lowest BCUT2D eigenvalue weighted by atomic mass is 9.78. The van der Waals surface area contributed by atoms with Gasteiger partial charge in [-0.2, -0.15) is 0 Å². The zero-order valence-electron chi connectivity index (χ0n) is 20.7. The number of ether oxygens (including phenoxy) is 3. The van der Waals surface area contributed by atoms with Gasteiger partial charge in [-0.3, -0.25) is 9.69 Å². The second-order valence-corrected chi connectivity index (χ2v) is 9.44. The molecule has 1 amide bonds. The van der Waals surface area contributed by atoms with Gasteiger partial charge in [0.25, 0.3) is 0 Å². The van der Waals surface area contributed by atoms with Crippen LogP contribution in [0.4, 0.5) is 11.4 Å². The number of anilines is 2. The Morgan fingerprint density at radius 2 is 1.86 bits per heavy atom. The zero-order valence-corrected chi connectivity index (χ0v) is 21.5. The third-order valence-electron chi connectivity index (χ3n) is 6.72. The lowest BCUT2D eigenvalue weighted by molar-refractivity contribution is -0.130. The number of hydrogen-bond donors (Lipinski definition) is 2. The number of nitrogens with one attached hydrogen (secondary N) is 2. The van der Waals surface area contributed by atoms with Crippen molar-refractivity contribution in [3.63, 3.8) is 0 Å². The van der Waals surface area contributed by atoms with E-state index in [4.69, 9.17) is 26.4 Å². The molecule has 1 fully saturated rings. The zero-order chi connectivity index (χ0) is 25.4. The molecule has 0 unspecified atom stereocenters. The number of fused-ring (bicyclic) bond motifs is 4. The van der Waals surface area contributed by atoms with Crippen LogP contribution in [0.5, 0.6) is 17.2 Å². The molecule has 2 aliphatic heterocycles. The quantitative estimate of drug-likeness (QED) is 0.448. The van der Waals surface area contributed by atoms with Crippen LogP contribution in [-0.2, 0) is 4.79 Å². The van der Waals surface area contributed by atoms with E-state index in [0.717, 1.165) is 16.8 Å². The molecule has 1 saturated heterocycles. The van der Waals surface area contributed by atoms with Crippen LogP contribution >= 0.6 is 12.2 Å². The molecule has 0 radical (unpaired) electrons. The minimum atomic E-state index is -1.13. The second kappa shape index (κ2) is 9.35. The van der Waals surface area contributed by atoms with Crippen LogP contribution in [0.3, 0.4) is 0 Å². The number of rotatable bonds is 6. The van der Waals surface area contributed by atoms with Crippen LogP contribution in [-0.4, -0.2) is 30.5 Å². The van der Waals surface area contributed by atoms with Crippen molar-refractivity contribution in [3.05, 3.63) is 77.9 Å². The molecule has 0 aliphatic carbocycles. The first kappa shape index (κ1) is 23.9. The first-order chi connectivity index (χ1) is 17.4. The lowest BCUT2D eigenvalue weighted by Gasteiger charge is -2.56. The highest BCUT2D eigenvalue weighted by atomic mass is 32.1. The minimum Gasteiger partial charge on any atom is -0.497 e. The van der Waals surface area contributed by atoms with Gasteiger partial charge in [-0.05, 0) is 75.5 Å². The number of carbonyl (C=O) groups is 1. The first-order valence-electron chi connectivity index (χ1n) is 11.9. The average molecular weight is 504 g/mol. The number of amides is 1. The van der Waals surface area contributed by atoms with Crippen molar-refractivity contribution < 1.29 is 19.0 Å². The van der Waals surface area contributed by atoms with E-state index in [-0.39, 0.29) is 5.91 Å². The maximum atomic E-state index is 13.9. The van der Waals surface area contributed by atoms with Gasteiger partial charge < -0.3 is 24.8 Å². The number of methoxy groups -OCH3 is 1. The highest BCUT2D eigenvalue weighted by Crippen LogP contribution is 2.52. The predicted molar refractivity (Wildman–Crippen MR) is 144 cm³/mol. The molecule has 5 rings (SSSR count). The van der Waals surface area contributed by atoms with Gasteiger partial charge in [0.1, 0.15) is 11.7 Å². The summed E-state index contributed by atoms with van der Waals surface area (Å²) in [5.74, 6) is 1.14. The smallest absolute Gasteiger partial charge is 0.236 e. The summed E-state index contributed by atoms with van der Waals surface area (Å²) < 4.78 is 17.9. The Labute approximate surface area is 216 Å². The van der Waals surface area contributed by atoms with E-state index in [9.17, 15) is 4.79 Å². The second-order valence-electron chi connectivity index (χ2n) is 9.06. The minimum absolute atomic E-state index is 0.188. The summed E-state index contributed by atoms with van der Waals surface area (Å²) in [6.45, 7) is 6.37. The molecule has 3 aromatic carbocycles. The molecule has 2 N–H and O–H groups in total. The number of carbonyl (C=O) groups excluding carboxylic acids is 1. The molecule has 7 nitrogen and oxygen atoms in total. The fraction of sp³-hybridized carbons (Fsp3) is 0.286. The molecule has 36 heavy (non-hydrogen) atoms. The third kappa shape index (κ3) is 4.01. The number of nitrogens with zero attached hydrogens (tertiary/aromatic N) is 1. The summed E-state index contributed by atoms with van der Waals surface area (Å²) in [5.41, 5.74) is 2.33. The van der Waals surface area contributed by atoms with Gasteiger partial charge in [-0.15, -0.1) is 0 Å². The third-order valence-corrected chi connectivity index (χ3v) is 7.02. The van der Waals surface area contributed by atoms with E-state index in [1.54, 1.807) is 7.11 Å². The van der Waals surface area contributed by atoms with Gasteiger partial charge in [-0.25, -0.2) is 0 Å². The summed E-state index contributed by atoms with van der Waals surface area (Å²) in [7, 11) is 1.61. The first-order valence-corrected chi connectivity index (χ1v) is 12.3. The molecule has 8 heteroatoms. The van der Waals surface area contributed by atoms with E-state index in [0.29, 0.717) is 34.7 Å². The molecule has 0 spiro atoms. The fourth-order valence-electron chi connectivity index (χ4n) is 5.02. The van der Waals surface area contributed by atoms with E-state index < -0.39 is 17.7 Å². The van der Waals surface area contributed by atoms with Crippen molar-refractivity contribution in [2.24, 2.45) is 5.92 Å². The molecule has 2 aliphatic rings. The summed E-state index contributed by atoms with van der Waals surface area (Å²) in [5, 5.41) is 7.00. The summed E-state index contributed by atoms with van der Waals surface area (Å²) in [4.78, 5) is 15.8. The Hall–Kier alpha value is -3.78. The van der Waals surface area contributed by atoms with Gasteiger partial charge in [-0.1, -0.05) is 29.8 Å². The maximum absolute atomic E-state index is 13.9. The highest BCUT2D eigenvalue weighted by molar-refractivity contribution is 7.80. The van der Waals surface area contributed by atoms with Gasteiger partial charge in [0.2, 0.25) is 5.91 Å². The SMILES string of the molecule is CCOc1cccc2c1O[C@]1(C)[C@H](C(=O)Nc3ccc(OC)cc3)[C@@H]2NC(=S)N1c1ccc(C)cc1. The highest BCUT2D eigenvalue weighted by Gasteiger charge is 2.59. The van der Waals surface area contributed by atoms with Gasteiger partial charge >= 0.3 is 0 Å². The molecule has 186 valence electrons. The standard InChI is InChI=1S/C28H29N3O4S/c1-5-34-22-8-6-7-21-24-23(26(32)29-18-11-15-20(33-4)16-12-18)28(3,35-25(21)22)31(27(36)30-24)19-13-9-17(2)10-14-19/h6-16,23-24H,5H2,1-4H3,(H,29,32)(H,30,36)/t23-,24+,28+/m0/s1. The molecular weight excluding hydrogens is 474 g/mol. The largest absolute Gasteiger partial charge is 0.497 e. The van der Waals surface area contributed by atoms with Crippen molar-refractivity contribution in [3.8, 4) is 17.2 Å². The summed E-state index contributed by atoms with van der Waals surface area (Å²) in [6, 6.07) is 20.6. The Morgan fingerprint density at radius 1 is 1.14 bits per heavy atom. The molecule has 3 aromatic rings. The predicted octanol–water partition coefficient (Wildman–Crippen LogP) is 5.20. The molecule has 0 saturated carbocycles. The topological polar surface area (TPSA) is 72.1 Å². The van der Waals surface area contributed by atoms with E-state index in [1.165, 1.54) is 0 Å². The number of hydrogen-bond acceptors (Lipinski definition) is 5. The number of thiocarbonyl (C=S) groups is 1.